The van der Waals surface area contributed by atoms with Crippen molar-refractivity contribution in [3.05, 3.63) is 83.8 Å². The van der Waals surface area contributed by atoms with Crippen molar-refractivity contribution >= 4 is 23.2 Å². The standard InChI is InChI=1S/C19H13F3N2O3/c20-19(21,22)13-5-3-12(4-6-13)17(25)23-14-7-9-15(10-8-14)24-18(26)16-2-1-11-27-16/h1-11H,(H,23,25)(H,24,26). The fraction of sp³-hybridized carbons (Fsp3) is 0.0526. The van der Waals surface area contributed by atoms with Gasteiger partial charge in [-0.3, -0.25) is 9.59 Å². The van der Waals surface area contributed by atoms with E-state index in [9.17, 15) is 22.8 Å². The first-order chi connectivity index (χ1) is 12.8. The van der Waals surface area contributed by atoms with E-state index in [-0.39, 0.29) is 11.3 Å². The van der Waals surface area contributed by atoms with Crippen LogP contribution >= 0.6 is 0 Å². The topological polar surface area (TPSA) is 71.3 Å². The van der Waals surface area contributed by atoms with Crippen LogP contribution in [0.4, 0.5) is 24.5 Å². The van der Waals surface area contributed by atoms with Crippen LogP contribution < -0.4 is 10.6 Å². The molecule has 0 bridgehead atoms. The van der Waals surface area contributed by atoms with Crippen molar-refractivity contribution in [3.63, 3.8) is 0 Å². The van der Waals surface area contributed by atoms with Crippen LogP contribution in [-0.2, 0) is 6.18 Å². The molecule has 0 spiro atoms. The van der Waals surface area contributed by atoms with Gasteiger partial charge in [0.2, 0.25) is 0 Å². The molecule has 2 N–H and O–H groups in total. The van der Waals surface area contributed by atoms with Crippen LogP contribution in [0.15, 0.2) is 71.3 Å². The lowest BCUT2D eigenvalue weighted by molar-refractivity contribution is -0.137. The maximum Gasteiger partial charge on any atom is 0.416 e. The van der Waals surface area contributed by atoms with Crippen molar-refractivity contribution in [1.29, 1.82) is 0 Å². The Morgan fingerprint density at radius 1 is 0.778 bits per heavy atom. The van der Waals surface area contributed by atoms with Crippen LogP contribution in [-0.4, -0.2) is 11.8 Å². The summed E-state index contributed by atoms with van der Waals surface area (Å²) in [5.74, 6) is -0.799. The molecule has 1 heterocycles. The van der Waals surface area contributed by atoms with Crippen LogP contribution in [0.2, 0.25) is 0 Å². The highest BCUT2D eigenvalue weighted by molar-refractivity contribution is 6.05. The summed E-state index contributed by atoms with van der Waals surface area (Å²) in [5, 5.41) is 5.20. The summed E-state index contributed by atoms with van der Waals surface area (Å²) < 4.78 is 42.6. The number of furan rings is 1. The molecular weight excluding hydrogens is 361 g/mol. The lowest BCUT2D eigenvalue weighted by Crippen LogP contribution is -2.13. The van der Waals surface area contributed by atoms with Gasteiger partial charge in [-0.05, 0) is 60.7 Å². The smallest absolute Gasteiger partial charge is 0.416 e. The number of nitrogens with one attached hydrogen (secondary N) is 2. The van der Waals surface area contributed by atoms with Gasteiger partial charge in [0.1, 0.15) is 0 Å². The number of hydrogen-bond donors (Lipinski definition) is 2. The maximum atomic E-state index is 12.5. The van der Waals surface area contributed by atoms with Gasteiger partial charge in [-0.15, -0.1) is 0 Å². The van der Waals surface area contributed by atoms with Crippen molar-refractivity contribution < 1.29 is 27.2 Å². The van der Waals surface area contributed by atoms with Crippen molar-refractivity contribution in [2.24, 2.45) is 0 Å². The Hall–Kier alpha value is -3.55. The minimum absolute atomic E-state index is 0.0956. The van der Waals surface area contributed by atoms with E-state index in [4.69, 9.17) is 4.42 Å². The van der Waals surface area contributed by atoms with E-state index < -0.39 is 23.6 Å². The van der Waals surface area contributed by atoms with Gasteiger partial charge in [-0.1, -0.05) is 0 Å². The Bertz CT molecular complexity index is 932. The van der Waals surface area contributed by atoms with Crippen LogP contribution in [0.1, 0.15) is 26.5 Å². The van der Waals surface area contributed by atoms with E-state index >= 15 is 0 Å². The zero-order valence-electron chi connectivity index (χ0n) is 13.7. The van der Waals surface area contributed by atoms with Crippen molar-refractivity contribution in [2.75, 3.05) is 10.6 Å². The molecule has 0 unspecified atom stereocenters. The first kappa shape index (κ1) is 18.2. The third-order valence-corrected chi connectivity index (χ3v) is 3.62. The highest BCUT2D eigenvalue weighted by Gasteiger charge is 2.30. The predicted octanol–water partition coefficient (Wildman–Crippen LogP) is 4.80. The second-order valence-corrected chi connectivity index (χ2v) is 5.54. The van der Waals surface area contributed by atoms with E-state index in [1.165, 1.54) is 12.3 Å². The van der Waals surface area contributed by atoms with Crippen molar-refractivity contribution in [3.8, 4) is 0 Å². The fourth-order valence-electron chi connectivity index (χ4n) is 2.25. The van der Waals surface area contributed by atoms with E-state index in [0.717, 1.165) is 24.3 Å². The molecule has 8 heteroatoms. The predicted molar refractivity (Wildman–Crippen MR) is 92.5 cm³/mol. The highest BCUT2D eigenvalue weighted by atomic mass is 19.4. The minimum Gasteiger partial charge on any atom is -0.459 e. The lowest BCUT2D eigenvalue weighted by Gasteiger charge is -2.09. The molecule has 0 atom stereocenters. The van der Waals surface area contributed by atoms with Gasteiger partial charge in [-0.25, -0.2) is 0 Å². The largest absolute Gasteiger partial charge is 0.459 e. The molecule has 2 aromatic carbocycles. The van der Waals surface area contributed by atoms with E-state index in [0.29, 0.717) is 11.4 Å². The number of benzene rings is 2. The Morgan fingerprint density at radius 3 is 1.81 bits per heavy atom. The fourth-order valence-corrected chi connectivity index (χ4v) is 2.25. The maximum absolute atomic E-state index is 12.5. The molecule has 1 aromatic heterocycles. The Morgan fingerprint density at radius 2 is 1.33 bits per heavy atom. The molecule has 2 amide bonds. The van der Waals surface area contributed by atoms with Gasteiger partial charge in [0.05, 0.1) is 11.8 Å². The van der Waals surface area contributed by atoms with Gasteiger partial charge in [0, 0.05) is 16.9 Å². The molecule has 3 aromatic rings. The van der Waals surface area contributed by atoms with Crippen LogP contribution in [0, 0.1) is 0 Å². The zero-order valence-corrected chi connectivity index (χ0v) is 13.7. The third kappa shape index (κ3) is 4.55. The van der Waals surface area contributed by atoms with Crippen LogP contribution in [0.5, 0.6) is 0 Å². The summed E-state index contributed by atoms with van der Waals surface area (Å²) in [6.07, 6.45) is -3.07. The summed E-state index contributed by atoms with van der Waals surface area (Å²) in [6, 6.07) is 13.3. The molecular formula is C19H13F3N2O3. The molecule has 0 saturated carbocycles. The zero-order chi connectivity index (χ0) is 19.4. The van der Waals surface area contributed by atoms with Crippen molar-refractivity contribution in [2.45, 2.75) is 6.18 Å². The molecule has 138 valence electrons. The van der Waals surface area contributed by atoms with Gasteiger partial charge >= 0.3 is 6.18 Å². The normalized spacial score (nSPS) is 11.1. The van der Waals surface area contributed by atoms with Gasteiger partial charge in [0.25, 0.3) is 11.8 Å². The number of alkyl halides is 3. The summed E-state index contributed by atoms with van der Waals surface area (Å²) in [4.78, 5) is 24.0. The molecule has 3 rings (SSSR count). The second-order valence-electron chi connectivity index (χ2n) is 5.54. The number of rotatable bonds is 4. The molecule has 0 aliphatic heterocycles. The molecule has 0 fully saturated rings. The SMILES string of the molecule is O=C(Nc1ccc(NC(=O)c2ccco2)cc1)c1ccc(C(F)(F)F)cc1. The Labute approximate surface area is 151 Å². The van der Waals surface area contributed by atoms with E-state index in [2.05, 4.69) is 10.6 Å². The highest BCUT2D eigenvalue weighted by Crippen LogP contribution is 2.29. The average molecular weight is 374 g/mol. The Balaban J connectivity index is 1.62. The van der Waals surface area contributed by atoms with Crippen LogP contribution in [0.25, 0.3) is 0 Å². The second kappa shape index (κ2) is 7.36. The molecule has 5 nitrogen and oxygen atoms in total. The summed E-state index contributed by atoms with van der Waals surface area (Å²) >= 11 is 0. The number of carbonyl (C=O) groups excluding carboxylic acids is 2. The minimum atomic E-state index is -4.45. The quantitative estimate of drug-likeness (QED) is 0.689. The number of anilines is 2. The van der Waals surface area contributed by atoms with Gasteiger partial charge in [0.15, 0.2) is 5.76 Å². The molecule has 0 saturated heterocycles. The first-order valence-corrected chi connectivity index (χ1v) is 7.76. The van der Waals surface area contributed by atoms with Crippen molar-refractivity contribution in [1.82, 2.24) is 0 Å². The first-order valence-electron chi connectivity index (χ1n) is 7.76. The molecule has 0 aliphatic carbocycles. The van der Waals surface area contributed by atoms with E-state index in [1.54, 1.807) is 30.3 Å². The number of hydrogen-bond acceptors (Lipinski definition) is 3. The monoisotopic (exact) mass is 374 g/mol. The third-order valence-electron chi connectivity index (χ3n) is 3.62. The molecule has 27 heavy (non-hydrogen) atoms. The number of carbonyl (C=O) groups is 2. The van der Waals surface area contributed by atoms with E-state index in [1.807, 2.05) is 0 Å². The molecule has 0 aliphatic rings. The number of amides is 2. The Kier molecular flexibility index (Phi) is 4.98. The summed E-state index contributed by atoms with van der Waals surface area (Å²) in [7, 11) is 0. The lowest BCUT2D eigenvalue weighted by atomic mass is 10.1. The molecule has 0 radical (unpaired) electrons. The summed E-state index contributed by atoms with van der Waals surface area (Å²) in [6.45, 7) is 0. The summed E-state index contributed by atoms with van der Waals surface area (Å²) in [5.41, 5.74) is 0.189. The number of halogens is 3. The van der Waals surface area contributed by atoms with Crippen LogP contribution in [0.3, 0.4) is 0 Å². The van der Waals surface area contributed by atoms with Gasteiger partial charge in [-0.2, -0.15) is 13.2 Å². The van der Waals surface area contributed by atoms with Gasteiger partial charge < -0.3 is 15.1 Å². The average Bonchev–Trinajstić information content (AvgIpc) is 3.17.